The summed E-state index contributed by atoms with van der Waals surface area (Å²) in [5.41, 5.74) is 0.855. The molecule has 1 aliphatic rings. The topological polar surface area (TPSA) is 32.6 Å². The summed E-state index contributed by atoms with van der Waals surface area (Å²) in [6.45, 7) is 4.26. The average molecular weight is 207 g/mol. The molecule has 1 N–H and O–H groups in total. The molecule has 14 heavy (non-hydrogen) atoms. The number of aliphatic imine (C=N–C) groups is 1. The van der Waals surface area contributed by atoms with Crippen molar-refractivity contribution >= 4 is 16.8 Å². The maximum atomic E-state index is 9.65. The van der Waals surface area contributed by atoms with Gasteiger partial charge in [0.15, 0.2) is 0 Å². The number of hydrogen-bond acceptors (Lipinski definition) is 3. The van der Waals surface area contributed by atoms with Crippen molar-refractivity contribution in [1.29, 1.82) is 0 Å². The SMILES string of the molecule is C[C@@H]1SC(c2ccccc2O)=N[C@@H]1C. The second-order valence-electron chi connectivity index (χ2n) is 3.51. The standard InChI is InChI=1S/C11H13NOS/c1-7-8(2)14-11(12-7)9-5-3-4-6-10(9)13/h3-8,13H,1-2H3/t7-,8+/m1/s1. The Hall–Kier alpha value is -0.960. The molecule has 1 heterocycles. The fourth-order valence-corrected chi connectivity index (χ4v) is 2.52. The molecular weight excluding hydrogens is 194 g/mol. The van der Waals surface area contributed by atoms with Crippen LogP contribution in [0.5, 0.6) is 5.75 Å². The van der Waals surface area contributed by atoms with Crippen LogP contribution in [0.3, 0.4) is 0 Å². The van der Waals surface area contributed by atoms with Gasteiger partial charge in [0.25, 0.3) is 0 Å². The van der Waals surface area contributed by atoms with Crippen LogP contribution < -0.4 is 0 Å². The van der Waals surface area contributed by atoms with Gasteiger partial charge in [-0.1, -0.05) is 19.1 Å². The van der Waals surface area contributed by atoms with E-state index in [0.717, 1.165) is 10.6 Å². The molecular formula is C11H13NOS. The first-order valence-corrected chi connectivity index (χ1v) is 5.59. The summed E-state index contributed by atoms with van der Waals surface area (Å²) >= 11 is 1.73. The van der Waals surface area contributed by atoms with E-state index in [1.54, 1.807) is 17.8 Å². The highest BCUT2D eigenvalue weighted by atomic mass is 32.2. The zero-order valence-corrected chi connectivity index (χ0v) is 9.08. The van der Waals surface area contributed by atoms with E-state index in [0.29, 0.717) is 17.0 Å². The number of para-hydroxylation sites is 1. The van der Waals surface area contributed by atoms with Crippen molar-refractivity contribution in [2.24, 2.45) is 4.99 Å². The predicted molar refractivity (Wildman–Crippen MR) is 61.2 cm³/mol. The molecule has 74 valence electrons. The van der Waals surface area contributed by atoms with E-state index in [4.69, 9.17) is 0 Å². The van der Waals surface area contributed by atoms with E-state index >= 15 is 0 Å². The highest BCUT2D eigenvalue weighted by Gasteiger charge is 2.24. The summed E-state index contributed by atoms with van der Waals surface area (Å²) in [4.78, 5) is 4.52. The van der Waals surface area contributed by atoms with E-state index in [9.17, 15) is 5.11 Å². The number of benzene rings is 1. The van der Waals surface area contributed by atoms with E-state index < -0.39 is 0 Å². The molecule has 3 heteroatoms. The zero-order valence-electron chi connectivity index (χ0n) is 8.27. The number of thioether (sulfide) groups is 1. The van der Waals surface area contributed by atoms with Gasteiger partial charge in [-0.05, 0) is 19.1 Å². The van der Waals surface area contributed by atoms with Gasteiger partial charge in [0.1, 0.15) is 10.8 Å². The Labute approximate surface area is 88.1 Å². The first-order valence-electron chi connectivity index (χ1n) is 4.71. The molecule has 0 aliphatic carbocycles. The molecule has 1 aromatic carbocycles. The molecule has 0 fully saturated rings. The van der Waals surface area contributed by atoms with Gasteiger partial charge in [-0.25, -0.2) is 0 Å². The molecule has 0 saturated heterocycles. The van der Waals surface area contributed by atoms with Gasteiger partial charge in [0, 0.05) is 10.8 Å². The smallest absolute Gasteiger partial charge is 0.125 e. The summed E-state index contributed by atoms with van der Waals surface area (Å²) in [6, 6.07) is 7.70. The first-order chi connectivity index (χ1) is 6.68. The molecule has 1 aliphatic heterocycles. The van der Waals surface area contributed by atoms with Crippen LogP contribution in [0.1, 0.15) is 19.4 Å². The lowest BCUT2D eigenvalue weighted by atomic mass is 10.2. The number of hydrogen-bond donors (Lipinski definition) is 1. The number of phenolic OH excluding ortho intramolecular Hbond substituents is 1. The van der Waals surface area contributed by atoms with Crippen molar-refractivity contribution in [2.45, 2.75) is 25.1 Å². The number of rotatable bonds is 1. The Kier molecular flexibility index (Phi) is 2.50. The minimum absolute atomic E-state index is 0.319. The fraction of sp³-hybridized carbons (Fsp3) is 0.364. The Morgan fingerprint density at radius 1 is 1.29 bits per heavy atom. The number of nitrogens with zero attached hydrogens (tertiary/aromatic N) is 1. The van der Waals surface area contributed by atoms with Crippen LogP contribution in [0, 0.1) is 0 Å². The van der Waals surface area contributed by atoms with Crippen LogP contribution in [0.25, 0.3) is 0 Å². The molecule has 0 radical (unpaired) electrons. The van der Waals surface area contributed by atoms with Crippen molar-refractivity contribution < 1.29 is 5.11 Å². The highest BCUT2D eigenvalue weighted by Crippen LogP contribution is 2.32. The van der Waals surface area contributed by atoms with E-state index in [1.165, 1.54) is 0 Å². The molecule has 0 bridgehead atoms. The second-order valence-corrected chi connectivity index (χ2v) is 4.88. The fourth-order valence-electron chi connectivity index (χ4n) is 1.38. The van der Waals surface area contributed by atoms with Gasteiger partial charge in [0.2, 0.25) is 0 Å². The normalized spacial score (nSPS) is 26.3. The minimum atomic E-state index is 0.319. The number of aromatic hydroxyl groups is 1. The summed E-state index contributed by atoms with van der Waals surface area (Å²) in [7, 11) is 0. The summed E-state index contributed by atoms with van der Waals surface area (Å²) in [6.07, 6.45) is 0. The average Bonchev–Trinajstić information content (AvgIpc) is 2.48. The van der Waals surface area contributed by atoms with Gasteiger partial charge < -0.3 is 5.11 Å². The maximum absolute atomic E-state index is 9.65. The van der Waals surface area contributed by atoms with Gasteiger partial charge >= 0.3 is 0 Å². The van der Waals surface area contributed by atoms with Crippen LogP contribution in [0.4, 0.5) is 0 Å². The third-order valence-corrected chi connectivity index (χ3v) is 3.75. The van der Waals surface area contributed by atoms with Crippen molar-refractivity contribution in [3.8, 4) is 5.75 Å². The summed E-state index contributed by atoms with van der Waals surface area (Å²) < 4.78 is 0. The van der Waals surface area contributed by atoms with E-state index in [1.807, 2.05) is 18.2 Å². The van der Waals surface area contributed by atoms with Crippen LogP contribution in [-0.4, -0.2) is 21.4 Å². The second kappa shape index (κ2) is 3.65. The Bertz CT molecular complexity index is 375. The summed E-state index contributed by atoms with van der Waals surface area (Å²) in [5.74, 6) is 0.319. The maximum Gasteiger partial charge on any atom is 0.125 e. The monoisotopic (exact) mass is 207 g/mol. The quantitative estimate of drug-likeness (QED) is 0.768. The largest absolute Gasteiger partial charge is 0.507 e. The van der Waals surface area contributed by atoms with Crippen LogP contribution in [0.15, 0.2) is 29.3 Å². The van der Waals surface area contributed by atoms with Gasteiger partial charge in [-0.2, -0.15) is 0 Å². The van der Waals surface area contributed by atoms with Crippen molar-refractivity contribution in [3.05, 3.63) is 29.8 Å². The van der Waals surface area contributed by atoms with Gasteiger partial charge in [-0.15, -0.1) is 11.8 Å². The van der Waals surface area contributed by atoms with Crippen LogP contribution in [0.2, 0.25) is 0 Å². The first kappa shape index (κ1) is 9.59. The van der Waals surface area contributed by atoms with E-state index in [-0.39, 0.29) is 0 Å². The minimum Gasteiger partial charge on any atom is -0.507 e. The summed E-state index contributed by atoms with van der Waals surface area (Å²) in [5, 5.41) is 11.1. The van der Waals surface area contributed by atoms with Gasteiger partial charge in [0.05, 0.1) is 6.04 Å². The Morgan fingerprint density at radius 2 is 2.00 bits per heavy atom. The van der Waals surface area contributed by atoms with E-state index in [2.05, 4.69) is 18.8 Å². The predicted octanol–water partition coefficient (Wildman–Crippen LogP) is 2.66. The molecule has 2 atom stereocenters. The molecule has 2 rings (SSSR count). The third-order valence-electron chi connectivity index (χ3n) is 2.43. The molecule has 0 aromatic heterocycles. The molecule has 0 unspecified atom stereocenters. The highest BCUT2D eigenvalue weighted by molar-refractivity contribution is 8.15. The molecule has 2 nitrogen and oxygen atoms in total. The van der Waals surface area contributed by atoms with Gasteiger partial charge in [-0.3, -0.25) is 4.99 Å². The lowest BCUT2D eigenvalue weighted by Gasteiger charge is -2.04. The lowest BCUT2D eigenvalue weighted by molar-refractivity contribution is 0.474. The van der Waals surface area contributed by atoms with Crippen molar-refractivity contribution in [1.82, 2.24) is 0 Å². The lowest BCUT2D eigenvalue weighted by Crippen LogP contribution is -2.07. The molecule has 0 saturated carbocycles. The number of phenols is 1. The zero-order chi connectivity index (χ0) is 10.1. The Morgan fingerprint density at radius 3 is 2.57 bits per heavy atom. The molecule has 0 spiro atoms. The molecule has 0 amide bonds. The third kappa shape index (κ3) is 1.64. The molecule has 1 aromatic rings. The Balaban J connectivity index is 2.34. The van der Waals surface area contributed by atoms with Crippen LogP contribution in [-0.2, 0) is 0 Å². The van der Waals surface area contributed by atoms with Crippen molar-refractivity contribution in [3.63, 3.8) is 0 Å². The van der Waals surface area contributed by atoms with Crippen LogP contribution >= 0.6 is 11.8 Å². The van der Waals surface area contributed by atoms with Crippen molar-refractivity contribution in [2.75, 3.05) is 0 Å².